The van der Waals surface area contributed by atoms with Crippen molar-refractivity contribution >= 4 is 0 Å². The number of aromatic nitrogens is 1. The molecule has 1 rings (SSSR count). The summed E-state index contributed by atoms with van der Waals surface area (Å²) in [6.45, 7) is -0.644. The van der Waals surface area contributed by atoms with E-state index in [1.165, 1.54) is 0 Å². The molecule has 8 heteroatoms. The van der Waals surface area contributed by atoms with Crippen LogP contribution in [0.25, 0.3) is 0 Å². The third kappa shape index (κ3) is 2.21. The van der Waals surface area contributed by atoms with Gasteiger partial charge < -0.3 is 10.8 Å². The van der Waals surface area contributed by atoms with Gasteiger partial charge in [0.15, 0.2) is 0 Å². The molecule has 0 spiro atoms. The van der Waals surface area contributed by atoms with Crippen LogP contribution in [-0.2, 0) is 12.7 Å². The Labute approximate surface area is 86.7 Å². The van der Waals surface area contributed by atoms with Gasteiger partial charge in [-0.2, -0.15) is 13.2 Å². The summed E-state index contributed by atoms with van der Waals surface area (Å²) in [4.78, 5) is 3.18. The second-order valence-corrected chi connectivity index (χ2v) is 2.88. The zero-order valence-corrected chi connectivity index (χ0v) is 7.72. The molecule has 0 aliphatic heterocycles. The Morgan fingerprint density at radius 2 is 1.94 bits per heavy atom. The molecule has 3 nitrogen and oxygen atoms in total. The predicted molar refractivity (Wildman–Crippen MR) is 43.8 cm³/mol. The molecule has 1 aromatic heterocycles. The molecule has 16 heavy (non-hydrogen) atoms. The maximum Gasteiger partial charge on any atom is 0.418 e. The Morgan fingerprint density at radius 3 is 2.31 bits per heavy atom. The van der Waals surface area contributed by atoms with Crippen LogP contribution in [0.1, 0.15) is 23.2 Å². The molecular formula is C8H7F5N2O. The van der Waals surface area contributed by atoms with E-state index in [1.807, 2.05) is 0 Å². The number of pyridine rings is 1. The van der Waals surface area contributed by atoms with Gasteiger partial charge >= 0.3 is 6.18 Å². The van der Waals surface area contributed by atoms with Crippen LogP contribution in [0.2, 0.25) is 0 Å². The standard InChI is InChI=1S/C8H7F5N2O/c9-7(10)5-4(16)2-15-3(1-14)6(5)8(11,12)13/h2,7,16H,1,14H2. The summed E-state index contributed by atoms with van der Waals surface area (Å²) >= 11 is 0. The summed E-state index contributed by atoms with van der Waals surface area (Å²) in [5.74, 6) is -1.19. The minimum Gasteiger partial charge on any atom is -0.506 e. The van der Waals surface area contributed by atoms with Crippen LogP contribution in [0.15, 0.2) is 6.20 Å². The topological polar surface area (TPSA) is 59.1 Å². The van der Waals surface area contributed by atoms with Gasteiger partial charge in [0.05, 0.1) is 23.0 Å². The molecule has 0 amide bonds. The molecule has 0 atom stereocenters. The van der Waals surface area contributed by atoms with Crippen molar-refractivity contribution in [3.8, 4) is 5.75 Å². The van der Waals surface area contributed by atoms with Crippen molar-refractivity contribution in [2.45, 2.75) is 19.1 Å². The van der Waals surface area contributed by atoms with Crippen LogP contribution in [0.4, 0.5) is 22.0 Å². The van der Waals surface area contributed by atoms with E-state index in [0.717, 1.165) is 0 Å². The lowest BCUT2D eigenvalue weighted by Crippen LogP contribution is -2.17. The molecule has 0 aliphatic rings. The molecule has 1 heterocycles. The smallest absolute Gasteiger partial charge is 0.418 e. The van der Waals surface area contributed by atoms with Gasteiger partial charge in [0.1, 0.15) is 5.75 Å². The van der Waals surface area contributed by atoms with E-state index >= 15 is 0 Å². The summed E-state index contributed by atoms with van der Waals surface area (Å²) in [6, 6.07) is 0. The summed E-state index contributed by atoms with van der Waals surface area (Å²) in [5, 5.41) is 8.96. The highest BCUT2D eigenvalue weighted by molar-refractivity contribution is 5.42. The van der Waals surface area contributed by atoms with Crippen molar-refractivity contribution in [3.05, 3.63) is 23.0 Å². The number of aromatic hydroxyl groups is 1. The molecule has 0 radical (unpaired) electrons. The van der Waals surface area contributed by atoms with Crippen molar-refractivity contribution in [3.63, 3.8) is 0 Å². The Kier molecular flexibility index (Phi) is 3.32. The number of halogens is 5. The number of hydrogen-bond donors (Lipinski definition) is 2. The number of alkyl halides is 5. The predicted octanol–water partition coefficient (Wildman–Crippen LogP) is 2.20. The Bertz CT molecular complexity index is 391. The van der Waals surface area contributed by atoms with E-state index in [-0.39, 0.29) is 0 Å². The van der Waals surface area contributed by atoms with Gasteiger partial charge in [0.25, 0.3) is 6.43 Å². The monoisotopic (exact) mass is 242 g/mol. The lowest BCUT2D eigenvalue weighted by Gasteiger charge is -2.16. The molecule has 0 aliphatic carbocycles. The summed E-state index contributed by atoms with van der Waals surface area (Å²) < 4.78 is 62.3. The Hall–Kier alpha value is -1.44. The summed E-state index contributed by atoms with van der Waals surface area (Å²) in [7, 11) is 0. The summed E-state index contributed by atoms with van der Waals surface area (Å²) in [5.41, 5.74) is 1.11. The first-order valence-electron chi connectivity index (χ1n) is 4.05. The first-order valence-corrected chi connectivity index (χ1v) is 4.05. The quantitative estimate of drug-likeness (QED) is 0.781. The zero-order valence-electron chi connectivity index (χ0n) is 7.72. The molecule has 3 N–H and O–H groups in total. The molecule has 0 aromatic carbocycles. The van der Waals surface area contributed by atoms with E-state index in [0.29, 0.717) is 6.20 Å². The van der Waals surface area contributed by atoms with Gasteiger partial charge in [0, 0.05) is 6.54 Å². The maximum atomic E-state index is 12.5. The van der Waals surface area contributed by atoms with Crippen LogP contribution in [0.5, 0.6) is 5.75 Å². The molecule has 0 saturated carbocycles. The largest absolute Gasteiger partial charge is 0.506 e. The molecule has 0 fully saturated rings. The first-order chi connectivity index (χ1) is 7.29. The minimum atomic E-state index is -5.04. The third-order valence-corrected chi connectivity index (χ3v) is 1.87. The van der Waals surface area contributed by atoms with Crippen LogP contribution in [0.3, 0.4) is 0 Å². The number of hydrogen-bond acceptors (Lipinski definition) is 3. The highest BCUT2D eigenvalue weighted by Gasteiger charge is 2.40. The van der Waals surface area contributed by atoms with Gasteiger partial charge in [-0.25, -0.2) is 8.78 Å². The van der Waals surface area contributed by atoms with Gasteiger partial charge in [-0.15, -0.1) is 0 Å². The average molecular weight is 242 g/mol. The molecule has 0 saturated heterocycles. The van der Waals surface area contributed by atoms with Crippen LogP contribution in [-0.4, -0.2) is 10.1 Å². The lowest BCUT2D eigenvalue weighted by atomic mass is 10.1. The normalized spacial score (nSPS) is 12.2. The van der Waals surface area contributed by atoms with Gasteiger partial charge in [-0.05, 0) is 0 Å². The van der Waals surface area contributed by atoms with Crippen molar-refractivity contribution < 1.29 is 27.1 Å². The maximum absolute atomic E-state index is 12.5. The van der Waals surface area contributed by atoms with E-state index in [2.05, 4.69) is 4.98 Å². The van der Waals surface area contributed by atoms with Gasteiger partial charge in [-0.3, -0.25) is 4.98 Å². The fourth-order valence-corrected chi connectivity index (χ4v) is 1.25. The van der Waals surface area contributed by atoms with E-state index in [9.17, 15) is 22.0 Å². The van der Waals surface area contributed by atoms with Crippen molar-refractivity contribution in [1.82, 2.24) is 4.98 Å². The molecule has 1 aromatic rings. The fourth-order valence-electron chi connectivity index (χ4n) is 1.25. The Morgan fingerprint density at radius 1 is 1.38 bits per heavy atom. The fraction of sp³-hybridized carbons (Fsp3) is 0.375. The van der Waals surface area contributed by atoms with Gasteiger partial charge in [0.2, 0.25) is 0 Å². The number of rotatable bonds is 2. The number of nitrogens with two attached hydrogens (primary N) is 1. The molecule has 90 valence electrons. The van der Waals surface area contributed by atoms with E-state index < -0.39 is 41.7 Å². The molecule has 0 unspecified atom stereocenters. The lowest BCUT2D eigenvalue weighted by molar-refractivity contribution is -0.140. The second-order valence-electron chi connectivity index (χ2n) is 2.88. The van der Waals surface area contributed by atoms with E-state index in [4.69, 9.17) is 10.8 Å². The average Bonchev–Trinajstić information content (AvgIpc) is 2.15. The Balaban J connectivity index is 3.56. The van der Waals surface area contributed by atoms with Crippen molar-refractivity contribution in [2.75, 3.05) is 0 Å². The second kappa shape index (κ2) is 4.20. The highest BCUT2D eigenvalue weighted by atomic mass is 19.4. The SMILES string of the molecule is NCc1ncc(O)c(C(F)F)c1C(F)(F)F. The first kappa shape index (κ1) is 12.6. The minimum absolute atomic E-state index is 0.527. The third-order valence-electron chi connectivity index (χ3n) is 1.87. The molecule has 0 bridgehead atoms. The van der Waals surface area contributed by atoms with Crippen LogP contribution >= 0.6 is 0 Å². The van der Waals surface area contributed by atoms with Crippen LogP contribution < -0.4 is 5.73 Å². The van der Waals surface area contributed by atoms with Crippen molar-refractivity contribution in [1.29, 1.82) is 0 Å². The van der Waals surface area contributed by atoms with Gasteiger partial charge in [-0.1, -0.05) is 0 Å². The number of nitrogens with zero attached hydrogens (tertiary/aromatic N) is 1. The zero-order chi connectivity index (χ0) is 12.5. The van der Waals surface area contributed by atoms with Crippen LogP contribution in [0, 0.1) is 0 Å². The highest BCUT2D eigenvalue weighted by Crippen LogP contribution is 2.41. The van der Waals surface area contributed by atoms with E-state index in [1.54, 1.807) is 0 Å². The summed E-state index contributed by atoms with van der Waals surface area (Å²) in [6.07, 6.45) is -7.96. The van der Waals surface area contributed by atoms with Crippen molar-refractivity contribution in [2.24, 2.45) is 5.73 Å². The molecular weight excluding hydrogens is 235 g/mol.